The number of hydrogen-bond acceptors (Lipinski definition) is 3. The van der Waals surface area contributed by atoms with Crippen molar-refractivity contribution < 1.29 is 0 Å². The van der Waals surface area contributed by atoms with Crippen LogP contribution in [0.25, 0.3) is 0 Å². The predicted molar refractivity (Wildman–Crippen MR) is 73.1 cm³/mol. The molecule has 2 nitrogen and oxygen atoms in total. The third-order valence-corrected chi connectivity index (χ3v) is 5.12. The minimum absolute atomic E-state index is 0.383. The monoisotopic (exact) mass is 240 g/mol. The Hall–Kier alpha value is -0.180. The lowest BCUT2D eigenvalue weighted by atomic mass is 9.86. The Morgan fingerprint density at radius 3 is 2.69 bits per heavy atom. The number of rotatable bonds is 1. The molecule has 0 amide bonds. The third kappa shape index (κ3) is 3.16. The van der Waals surface area contributed by atoms with Gasteiger partial charge in [0.1, 0.15) is 0 Å². The summed E-state index contributed by atoms with van der Waals surface area (Å²) in [6.07, 6.45) is 5.49. The fraction of sp³-hybridized carbons (Fsp3) is 0.923. The lowest BCUT2D eigenvalue weighted by molar-refractivity contribution is 0.309. The van der Waals surface area contributed by atoms with Gasteiger partial charge in [0.2, 0.25) is 0 Å². The van der Waals surface area contributed by atoms with E-state index in [0.717, 1.165) is 12.5 Å². The summed E-state index contributed by atoms with van der Waals surface area (Å²) in [5, 5.41) is 4.85. The van der Waals surface area contributed by atoms with Gasteiger partial charge in [0, 0.05) is 18.3 Å². The molecule has 2 rings (SSSR count). The highest BCUT2D eigenvalue weighted by atomic mass is 32.2. The summed E-state index contributed by atoms with van der Waals surface area (Å²) in [6.45, 7) is 7.94. The second kappa shape index (κ2) is 4.99. The first-order valence-corrected chi connectivity index (χ1v) is 7.49. The molecule has 3 heteroatoms. The van der Waals surface area contributed by atoms with Crippen LogP contribution in [0, 0.1) is 11.3 Å². The normalized spacial score (nSPS) is 34.3. The largest absolute Gasteiger partial charge is 0.362 e. The Balaban J connectivity index is 1.88. The zero-order chi connectivity index (χ0) is 11.6. The van der Waals surface area contributed by atoms with Crippen LogP contribution in [0.2, 0.25) is 0 Å². The summed E-state index contributed by atoms with van der Waals surface area (Å²) in [5.41, 5.74) is 0.383. The molecule has 2 atom stereocenters. The van der Waals surface area contributed by atoms with Crippen molar-refractivity contribution in [2.45, 2.75) is 52.5 Å². The van der Waals surface area contributed by atoms with Crippen LogP contribution < -0.4 is 5.32 Å². The van der Waals surface area contributed by atoms with Gasteiger partial charge in [-0.05, 0) is 24.2 Å². The molecule has 0 aromatic carbocycles. The topological polar surface area (TPSA) is 24.4 Å². The zero-order valence-corrected chi connectivity index (χ0v) is 11.6. The molecule has 0 saturated heterocycles. The molecule has 0 bridgehead atoms. The molecule has 2 aliphatic rings. The average Bonchev–Trinajstić information content (AvgIpc) is 2.24. The number of aliphatic imine (C=N–C) groups is 1. The standard InChI is InChI=1S/C13H24N2S/c1-10-6-4-5-7-11(10)15-12-14-8-13(2,3)9-16-12/h10-11H,4-9H2,1-3H3,(H,14,15). The summed E-state index contributed by atoms with van der Waals surface area (Å²) < 4.78 is 0. The van der Waals surface area contributed by atoms with E-state index in [4.69, 9.17) is 0 Å². The Morgan fingerprint density at radius 2 is 2.06 bits per heavy atom. The minimum Gasteiger partial charge on any atom is -0.362 e. The Kier molecular flexibility index (Phi) is 3.83. The first-order valence-electron chi connectivity index (χ1n) is 6.51. The molecule has 1 aliphatic heterocycles. The minimum atomic E-state index is 0.383. The summed E-state index contributed by atoms with van der Waals surface area (Å²) in [5.74, 6) is 2.01. The van der Waals surface area contributed by atoms with Crippen LogP contribution in [0.5, 0.6) is 0 Å². The van der Waals surface area contributed by atoms with Crippen LogP contribution in [0.3, 0.4) is 0 Å². The van der Waals surface area contributed by atoms with Crippen molar-refractivity contribution in [1.29, 1.82) is 0 Å². The molecule has 1 aliphatic carbocycles. The van der Waals surface area contributed by atoms with E-state index in [0.29, 0.717) is 11.5 Å². The molecular weight excluding hydrogens is 216 g/mol. The van der Waals surface area contributed by atoms with Crippen LogP contribution in [-0.2, 0) is 0 Å². The summed E-state index contributed by atoms with van der Waals surface area (Å²) in [7, 11) is 0. The molecule has 0 aromatic heterocycles. The maximum atomic E-state index is 4.68. The Morgan fingerprint density at radius 1 is 1.31 bits per heavy atom. The summed E-state index contributed by atoms with van der Waals surface area (Å²) in [4.78, 5) is 4.68. The molecule has 2 unspecified atom stereocenters. The van der Waals surface area contributed by atoms with Crippen molar-refractivity contribution in [1.82, 2.24) is 5.32 Å². The molecule has 1 fully saturated rings. The molecule has 0 spiro atoms. The van der Waals surface area contributed by atoms with Crippen LogP contribution in [-0.4, -0.2) is 23.5 Å². The number of nitrogens with one attached hydrogen (secondary N) is 1. The van der Waals surface area contributed by atoms with Crippen molar-refractivity contribution in [2.24, 2.45) is 16.3 Å². The second-order valence-electron chi connectivity index (χ2n) is 6.09. The predicted octanol–water partition coefficient (Wildman–Crippen LogP) is 3.28. The molecule has 1 saturated carbocycles. The molecule has 1 heterocycles. The van der Waals surface area contributed by atoms with Crippen LogP contribution in [0.4, 0.5) is 0 Å². The van der Waals surface area contributed by atoms with Gasteiger partial charge >= 0.3 is 0 Å². The van der Waals surface area contributed by atoms with E-state index < -0.39 is 0 Å². The SMILES string of the molecule is CC1CCCCC1NC1=NCC(C)(C)CS1. The zero-order valence-electron chi connectivity index (χ0n) is 10.8. The Bertz CT molecular complexity index is 273. The average molecular weight is 240 g/mol. The third-order valence-electron chi connectivity index (χ3n) is 3.67. The highest BCUT2D eigenvalue weighted by Gasteiger charge is 2.26. The summed E-state index contributed by atoms with van der Waals surface area (Å²) in [6, 6.07) is 0.668. The lowest BCUT2D eigenvalue weighted by Gasteiger charge is -2.33. The van der Waals surface area contributed by atoms with Gasteiger partial charge in [0.05, 0.1) is 0 Å². The quantitative estimate of drug-likeness (QED) is 0.760. The van der Waals surface area contributed by atoms with E-state index in [-0.39, 0.29) is 0 Å². The summed E-state index contributed by atoms with van der Waals surface area (Å²) >= 11 is 1.90. The van der Waals surface area contributed by atoms with Gasteiger partial charge in [-0.1, -0.05) is 45.4 Å². The number of amidine groups is 1. The molecular formula is C13H24N2S. The number of thioether (sulfide) groups is 1. The molecule has 92 valence electrons. The highest BCUT2D eigenvalue weighted by molar-refractivity contribution is 8.13. The van der Waals surface area contributed by atoms with Gasteiger partial charge in [-0.2, -0.15) is 0 Å². The van der Waals surface area contributed by atoms with Crippen molar-refractivity contribution in [3.05, 3.63) is 0 Å². The maximum absolute atomic E-state index is 4.68. The fourth-order valence-corrected chi connectivity index (χ4v) is 3.43. The van der Waals surface area contributed by atoms with Crippen molar-refractivity contribution >= 4 is 16.9 Å². The van der Waals surface area contributed by atoms with Gasteiger partial charge in [0.15, 0.2) is 5.17 Å². The van der Waals surface area contributed by atoms with Gasteiger partial charge in [-0.3, -0.25) is 4.99 Å². The van der Waals surface area contributed by atoms with Gasteiger partial charge in [-0.25, -0.2) is 0 Å². The molecule has 16 heavy (non-hydrogen) atoms. The van der Waals surface area contributed by atoms with Gasteiger partial charge in [-0.15, -0.1) is 0 Å². The van der Waals surface area contributed by atoms with E-state index in [2.05, 4.69) is 31.1 Å². The van der Waals surface area contributed by atoms with Crippen LogP contribution in [0.15, 0.2) is 4.99 Å². The van der Waals surface area contributed by atoms with Crippen LogP contribution in [0.1, 0.15) is 46.5 Å². The van der Waals surface area contributed by atoms with Crippen molar-refractivity contribution in [2.75, 3.05) is 12.3 Å². The maximum Gasteiger partial charge on any atom is 0.156 e. The highest BCUT2D eigenvalue weighted by Crippen LogP contribution is 2.29. The molecule has 0 radical (unpaired) electrons. The van der Waals surface area contributed by atoms with E-state index in [1.807, 2.05) is 11.8 Å². The first kappa shape index (κ1) is 12.3. The van der Waals surface area contributed by atoms with E-state index >= 15 is 0 Å². The Labute approximate surface area is 104 Å². The van der Waals surface area contributed by atoms with E-state index in [9.17, 15) is 0 Å². The van der Waals surface area contributed by atoms with Crippen molar-refractivity contribution in [3.8, 4) is 0 Å². The van der Waals surface area contributed by atoms with E-state index in [1.165, 1.54) is 36.6 Å². The molecule has 0 aromatic rings. The molecule has 1 N–H and O–H groups in total. The number of nitrogens with zero attached hydrogens (tertiary/aromatic N) is 1. The van der Waals surface area contributed by atoms with Crippen LogP contribution >= 0.6 is 11.8 Å². The second-order valence-corrected chi connectivity index (χ2v) is 7.05. The van der Waals surface area contributed by atoms with Gasteiger partial charge < -0.3 is 5.32 Å². The number of hydrogen-bond donors (Lipinski definition) is 1. The first-order chi connectivity index (χ1) is 7.57. The van der Waals surface area contributed by atoms with E-state index in [1.54, 1.807) is 0 Å². The smallest absolute Gasteiger partial charge is 0.156 e. The van der Waals surface area contributed by atoms with Crippen molar-refractivity contribution in [3.63, 3.8) is 0 Å². The lowest BCUT2D eigenvalue weighted by Crippen LogP contribution is -2.42. The van der Waals surface area contributed by atoms with Gasteiger partial charge in [0.25, 0.3) is 0 Å². The fourth-order valence-electron chi connectivity index (χ4n) is 2.42.